The maximum atomic E-state index is 13.5. The first-order chi connectivity index (χ1) is 11.7. The summed E-state index contributed by atoms with van der Waals surface area (Å²) >= 11 is 0. The summed E-state index contributed by atoms with van der Waals surface area (Å²) in [6.45, 7) is 0. The molecule has 0 N–H and O–H groups in total. The van der Waals surface area contributed by atoms with Crippen LogP contribution in [0.15, 0.2) is 0 Å². The van der Waals surface area contributed by atoms with Gasteiger partial charge in [0, 0.05) is 0 Å². The maximum absolute atomic E-state index is 13.5. The number of rotatable bonds is 5. The van der Waals surface area contributed by atoms with Crippen LogP contribution in [0.5, 0.6) is 0 Å². The molecule has 0 aromatic rings. The van der Waals surface area contributed by atoms with E-state index in [2.05, 4.69) is 0 Å². The Hall–Kier alpha value is -1.34. The van der Waals surface area contributed by atoms with Crippen LogP contribution in [-0.2, 0) is 9.47 Å². The van der Waals surface area contributed by atoms with E-state index < -0.39 is 48.6 Å². The molecule has 0 aliphatic rings. The third-order valence-electron chi connectivity index (χ3n) is 2.39. The Kier molecular flexibility index (Phi) is 6.27. The van der Waals surface area contributed by atoms with Crippen molar-refractivity contribution in [3.63, 3.8) is 0 Å². The van der Waals surface area contributed by atoms with Crippen LogP contribution in [0.2, 0.25) is 0 Å². The highest BCUT2D eigenvalue weighted by Gasteiger charge is 2.89. The largest absolute Gasteiger partial charge is 0.525 e. The quantitative estimate of drug-likeness (QED) is 0.475. The van der Waals surface area contributed by atoms with Gasteiger partial charge in [-0.15, -0.1) is 13.2 Å². The molecule has 0 saturated carbocycles. The summed E-state index contributed by atoms with van der Waals surface area (Å²) in [5, 5.41) is 0. The van der Waals surface area contributed by atoms with Crippen LogP contribution in [0.1, 0.15) is 0 Å². The molecule has 0 aromatic heterocycles. The molecule has 0 amide bonds. The van der Waals surface area contributed by atoms with Crippen molar-refractivity contribution in [1.29, 1.82) is 0 Å². The van der Waals surface area contributed by atoms with E-state index in [1.165, 1.54) is 0 Å². The molecule has 28 heavy (non-hydrogen) atoms. The minimum atomic E-state index is -8.27. The number of hydrogen-bond donors (Lipinski definition) is 0. The Balaban J connectivity index is 6.79. The van der Waals surface area contributed by atoms with Gasteiger partial charge in [0.15, 0.2) is 0 Å². The summed E-state index contributed by atoms with van der Waals surface area (Å²) in [6, 6.07) is 0. The third-order valence-corrected chi connectivity index (χ3v) is 2.39. The Morgan fingerprint density at radius 2 is 0.643 bits per heavy atom. The lowest BCUT2D eigenvalue weighted by molar-refractivity contribution is -0.565. The SMILES string of the molecule is FC(F)(F)OC(F)(C(F)(F)F)C(F)(OC(F)(F)C(F)(F)C(F)(F)F)C(F)(F)F. The highest BCUT2D eigenvalue weighted by Crippen LogP contribution is 2.59. The third kappa shape index (κ3) is 4.46. The molecule has 0 aromatic carbocycles. The highest BCUT2D eigenvalue weighted by atomic mass is 19.4. The molecule has 170 valence electrons. The summed E-state index contributed by atoms with van der Waals surface area (Å²) < 4.78 is 224. The predicted molar refractivity (Wildman–Crippen MR) is 44.0 cm³/mol. The number of ether oxygens (including phenoxy) is 2. The second-order valence-corrected chi connectivity index (χ2v) is 4.42. The van der Waals surface area contributed by atoms with Gasteiger partial charge >= 0.3 is 48.6 Å². The lowest BCUT2D eigenvalue weighted by Crippen LogP contribution is -2.71. The minimum Gasteiger partial charge on any atom is -0.264 e. The van der Waals surface area contributed by atoms with E-state index in [4.69, 9.17) is 0 Å². The summed E-state index contributed by atoms with van der Waals surface area (Å²) in [5.74, 6) is -24.3. The fraction of sp³-hybridized carbons (Fsp3) is 1.00. The molecule has 0 aliphatic heterocycles. The maximum Gasteiger partial charge on any atom is 0.525 e. The first kappa shape index (κ1) is 26.7. The van der Waals surface area contributed by atoms with E-state index in [-0.39, 0.29) is 0 Å². The fourth-order valence-corrected chi connectivity index (χ4v) is 1.18. The van der Waals surface area contributed by atoms with Gasteiger partial charge in [0.25, 0.3) is 0 Å². The monoisotopic (exact) mass is 470 g/mol. The molecule has 0 rings (SSSR count). The van der Waals surface area contributed by atoms with Gasteiger partial charge in [-0.3, -0.25) is 4.74 Å². The van der Waals surface area contributed by atoms with Crippen LogP contribution in [0.25, 0.3) is 0 Å². The average molecular weight is 470 g/mol. The Bertz CT molecular complexity index is 552. The van der Waals surface area contributed by atoms with Gasteiger partial charge in [-0.2, -0.15) is 65.9 Å². The lowest BCUT2D eigenvalue weighted by Gasteiger charge is -2.42. The van der Waals surface area contributed by atoms with Gasteiger partial charge < -0.3 is 0 Å². The van der Waals surface area contributed by atoms with Crippen molar-refractivity contribution in [2.45, 2.75) is 48.6 Å². The van der Waals surface area contributed by atoms with E-state index in [0.717, 1.165) is 9.47 Å². The van der Waals surface area contributed by atoms with Gasteiger partial charge in [-0.1, -0.05) is 0 Å². The van der Waals surface area contributed by atoms with Gasteiger partial charge in [-0.05, 0) is 0 Å². The molecule has 0 heterocycles. The van der Waals surface area contributed by atoms with Crippen molar-refractivity contribution in [3.8, 4) is 0 Å². The molecular formula is C8F18O2. The second kappa shape index (κ2) is 6.59. The molecule has 0 radical (unpaired) electrons. The standard InChI is InChI=1S/C8F18O2/c9-1(10,4(13,14)15)7(22,23)27-2(11,5(16,17)18)3(12,6(19,20)21)28-8(24,25)26. The molecular weight excluding hydrogens is 470 g/mol. The Morgan fingerprint density at radius 1 is 0.357 bits per heavy atom. The van der Waals surface area contributed by atoms with Crippen molar-refractivity contribution in [1.82, 2.24) is 0 Å². The highest BCUT2D eigenvalue weighted by molar-refractivity contribution is 5.01. The van der Waals surface area contributed by atoms with Gasteiger partial charge in [0.2, 0.25) is 0 Å². The van der Waals surface area contributed by atoms with E-state index in [0.29, 0.717) is 0 Å². The summed E-state index contributed by atoms with van der Waals surface area (Å²) in [7, 11) is 0. The van der Waals surface area contributed by atoms with Gasteiger partial charge in [0.1, 0.15) is 0 Å². The molecule has 0 spiro atoms. The van der Waals surface area contributed by atoms with Gasteiger partial charge in [-0.25, -0.2) is 4.74 Å². The first-order valence-corrected chi connectivity index (χ1v) is 5.47. The van der Waals surface area contributed by atoms with Crippen LogP contribution < -0.4 is 0 Å². The van der Waals surface area contributed by atoms with Crippen molar-refractivity contribution < 1.29 is 88.5 Å². The minimum absolute atomic E-state index is 1.10. The molecule has 0 saturated heterocycles. The molecule has 0 aliphatic carbocycles. The summed E-state index contributed by atoms with van der Waals surface area (Å²) in [4.78, 5) is 0. The molecule has 2 unspecified atom stereocenters. The van der Waals surface area contributed by atoms with Crippen LogP contribution in [0.4, 0.5) is 79.0 Å². The van der Waals surface area contributed by atoms with Crippen molar-refractivity contribution in [3.05, 3.63) is 0 Å². The zero-order chi connectivity index (χ0) is 23.4. The number of halogens is 18. The number of hydrogen-bond acceptors (Lipinski definition) is 2. The summed E-state index contributed by atoms with van der Waals surface area (Å²) in [5.41, 5.74) is 0. The fourth-order valence-electron chi connectivity index (χ4n) is 1.18. The molecule has 0 fully saturated rings. The van der Waals surface area contributed by atoms with E-state index in [1.807, 2.05) is 0 Å². The van der Waals surface area contributed by atoms with Crippen LogP contribution in [-0.4, -0.2) is 48.6 Å². The topological polar surface area (TPSA) is 18.5 Å². The lowest BCUT2D eigenvalue weighted by atomic mass is 10.1. The van der Waals surface area contributed by atoms with Crippen molar-refractivity contribution in [2.24, 2.45) is 0 Å². The van der Waals surface area contributed by atoms with Gasteiger partial charge in [0.05, 0.1) is 0 Å². The Morgan fingerprint density at radius 3 is 0.857 bits per heavy atom. The van der Waals surface area contributed by atoms with Crippen LogP contribution in [0, 0.1) is 0 Å². The molecule has 0 bridgehead atoms. The summed E-state index contributed by atoms with van der Waals surface area (Å²) in [6.07, 6.45) is -39.0. The zero-order valence-electron chi connectivity index (χ0n) is 11.6. The van der Waals surface area contributed by atoms with E-state index in [1.54, 1.807) is 0 Å². The van der Waals surface area contributed by atoms with E-state index >= 15 is 0 Å². The number of alkyl halides is 18. The second-order valence-electron chi connectivity index (χ2n) is 4.42. The normalized spacial score (nSPS) is 19.9. The predicted octanol–water partition coefficient (Wildman–Crippen LogP) is 5.79. The van der Waals surface area contributed by atoms with Crippen molar-refractivity contribution in [2.75, 3.05) is 0 Å². The molecule has 20 heteroatoms. The van der Waals surface area contributed by atoms with E-state index in [9.17, 15) is 79.0 Å². The smallest absolute Gasteiger partial charge is 0.264 e. The van der Waals surface area contributed by atoms with Crippen LogP contribution >= 0.6 is 0 Å². The first-order valence-electron chi connectivity index (χ1n) is 5.47. The van der Waals surface area contributed by atoms with Crippen molar-refractivity contribution >= 4 is 0 Å². The Labute approximate surface area is 139 Å². The zero-order valence-corrected chi connectivity index (χ0v) is 11.6. The molecule has 2 nitrogen and oxygen atoms in total. The van der Waals surface area contributed by atoms with Crippen LogP contribution in [0.3, 0.4) is 0 Å². The molecule has 2 atom stereocenters. The average Bonchev–Trinajstić information content (AvgIpc) is 2.31.